The van der Waals surface area contributed by atoms with Crippen LogP contribution in [-0.2, 0) is 9.59 Å². The Morgan fingerprint density at radius 2 is 1.27 bits per heavy atom. The number of hydrogen-bond acceptors (Lipinski definition) is 2. The molecule has 1 aliphatic carbocycles. The smallest absolute Gasteiger partial charge is 0.331 e. The molecule has 86 valence electrons. The number of carboxylic acid groups (broad SMARTS) is 2. The van der Waals surface area contributed by atoms with Gasteiger partial charge in [-0.25, -0.2) is 4.79 Å². The van der Waals surface area contributed by atoms with Gasteiger partial charge in [0.15, 0.2) is 0 Å². The van der Waals surface area contributed by atoms with Crippen molar-refractivity contribution in [2.75, 3.05) is 0 Å². The Morgan fingerprint density at radius 3 is 1.40 bits per heavy atom. The Morgan fingerprint density at radius 1 is 0.933 bits per heavy atom. The van der Waals surface area contributed by atoms with Crippen molar-refractivity contribution >= 4 is 11.9 Å². The van der Waals surface area contributed by atoms with Crippen LogP contribution in [0.2, 0.25) is 0 Å². The number of hydrogen-bond donors (Lipinski definition) is 2. The summed E-state index contributed by atoms with van der Waals surface area (Å²) in [5.74, 6) is -2.44. The fraction of sp³-hybridized carbons (Fsp3) is 0.636. The van der Waals surface area contributed by atoms with Gasteiger partial charge in [0.05, 0.1) is 6.42 Å². The molecule has 1 saturated carbocycles. The summed E-state index contributed by atoms with van der Waals surface area (Å²) in [6.45, 7) is 3.01. The molecule has 0 aromatic heterocycles. The maximum Gasteiger partial charge on any atom is 0.331 e. The predicted molar refractivity (Wildman–Crippen MR) is 56.7 cm³/mol. The molecule has 0 heterocycles. The van der Waals surface area contributed by atoms with Crippen LogP contribution < -0.4 is 0 Å². The molecule has 0 spiro atoms. The van der Waals surface area contributed by atoms with Gasteiger partial charge >= 0.3 is 11.9 Å². The number of aliphatic carboxylic acids is 2. The Balaban J connectivity index is 0.000000280. The molecule has 0 unspecified atom stereocenters. The average molecular weight is 214 g/mol. The molecule has 1 fully saturated rings. The van der Waals surface area contributed by atoms with Crippen LogP contribution in [0, 0.1) is 0 Å². The molecule has 2 N–H and O–H groups in total. The van der Waals surface area contributed by atoms with Crippen LogP contribution in [0.1, 0.15) is 44.9 Å². The van der Waals surface area contributed by atoms with Gasteiger partial charge in [0.2, 0.25) is 0 Å². The maximum atomic E-state index is 9.87. The van der Waals surface area contributed by atoms with E-state index in [1.165, 1.54) is 38.5 Å². The fourth-order valence-electron chi connectivity index (χ4n) is 1.32. The molecule has 0 amide bonds. The van der Waals surface area contributed by atoms with Crippen LogP contribution in [0.3, 0.4) is 0 Å². The molecule has 0 saturated heterocycles. The van der Waals surface area contributed by atoms with E-state index in [4.69, 9.17) is 10.2 Å². The van der Waals surface area contributed by atoms with E-state index in [0.29, 0.717) is 0 Å². The van der Waals surface area contributed by atoms with Crippen LogP contribution in [-0.4, -0.2) is 22.2 Å². The minimum Gasteiger partial charge on any atom is -0.481 e. The summed E-state index contributed by atoms with van der Waals surface area (Å²) in [5, 5.41) is 16.1. The van der Waals surface area contributed by atoms with Crippen molar-refractivity contribution in [1.29, 1.82) is 0 Å². The van der Waals surface area contributed by atoms with Gasteiger partial charge in [0.25, 0.3) is 0 Å². The lowest BCUT2D eigenvalue weighted by Crippen LogP contribution is -2.04. The molecule has 1 rings (SSSR count). The topological polar surface area (TPSA) is 74.6 Å². The molecule has 1 aliphatic rings. The van der Waals surface area contributed by atoms with Crippen molar-refractivity contribution in [3.05, 3.63) is 12.2 Å². The first kappa shape index (κ1) is 13.7. The van der Waals surface area contributed by atoms with Crippen LogP contribution in [0.15, 0.2) is 12.2 Å². The molecule has 0 bridgehead atoms. The summed E-state index contributed by atoms with van der Waals surface area (Å²) < 4.78 is 0. The summed E-state index contributed by atoms with van der Waals surface area (Å²) in [6.07, 6.45) is 8.50. The summed E-state index contributed by atoms with van der Waals surface area (Å²) in [4.78, 5) is 19.7. The van der Waals surface area contributed by atoms with Crippen molar-refractivity contribution < 1.29 is 19.8 Å². The monoisotopic (exact) mass is 214 g/mol. The van der Waals surface area contributed by atoms with E-state index in [2.05, 4.69) is 6.58 Å². The zero-order chi connectivity index (χ0) is 11.7. The first-order valence-corrected chi connectivity index (χ1v) is 5.17. The minimum absolute atomic E-state index is 0.303. The highest BCUT2D eigenvalue weighted by Gasteiger charge is 2.07. The van der Waals surface area contributed by atoms with Gasteiger partial charge in [0.1, 0.15) is 0 Å². The first-order chi connectivity index (χ1) is 7.04. The quantitative estimate of drug-likeness (QED) is 0.707. The fourth-order valence-corrected chi connectivity index (χ4v) is 1.32. The molecule has 15 heavy (non-hydrogen) atoms. The predicted octanol–water partition coefficient (Wildman–Crippen LogP) is 2.44. The Bertz CT molecular complexity index is 217. The Labute approximate surface area is 89.6 Å². The molecule has 0 aromatic rings. The largest absolute Gasteiger partial charge is 0.481 e. The first-order valence-electron chi connectivity index (χ1n) is 5.17. The van der Waals surface area contributed by atoms with E-state index >= 15 is 0 Å². The second-order valence-electron chi connectivity index (χ2n) is 3.60. The van der Waals surface area contributed by atoms with E-state index in [0.717, 1.165) is 0 Å². The Hall–Kier alpha value is -1.32. The second kappa shape index (κ2) is 8.03. The molecule has 0 atom stereocenters. The van der Waals surface area contributed by atoms with Crippen molar-refractivity contribution in [2.24, 2.45) is 0 Å². The maximum absolute atomic E-state index is 9.87. The van der Waals surface area contributed by atoms with E-state index in [-0.39, 0.29) is 5.57 Å². The van der Waals surface area contributed by atoms with Gasteiger partial charge in [-0.1, -0.05) is 45.1 Å². The third-order valence-corrected chi connectivity index (χ3v) is 2.17. The SMILES string of the molecule is C1CCCCC1.C=C(CC(=O)O)C(=O)O. The molecule has 0 radical (unpaired) electrons. The third kappa shape index (κ3) is 9.00. The standard InChI is InChI=1S/C6H12.C5H6O4/c1-2-4-6-5-3-1;1-3(5(8)9)2-4(6)7/h1-6H2;1-2H2,(H,6,7)(H,8,9). The van der Waals surface area contributed by atoms with Gasteiger partial charge in [-0.15, -0.1) is 0 Å². The highest BCUT2D eigenvalue weighted by atomic mass is 16.4. The summed E-state index contributed by atoms with van der Waals surface area (Å²) >= 11 is 0. The molecular weight excluding hydrogens is 196 g/mol. The van der Waals surface area contributed by atoms with E-state index in [1.54, 1.807) is 0 Å². The van der Waals surface area contributed by atoms with Crippen LogP contribution in [0.5, 0.6) is 0 Å². The lowest BCUT2D eigenvalue weighted by atomic mass is 10.0. The molecule has 0 aliphatic heterocycles. The number of rotatable bonds is 3. The zero-order valence-corrected chi connectivity index (χ0v) is 8.87. The average Bonchev–Trinajstić information content (AvgIpc) is 2.20. The van der Waals surface area contributed by atoms with Crippen molar-refractivity contribution in [1.82, 2.24) is 0 Å². The van der Waals surface area contributed by atoms with E-state index < -0.39 is 18.4 Å². The minimum atomic E-state index is -1.27. The van der Waals surface area contributed by atoms with Crippen molar-refractivity contribution in [3.63, 3.8) is 0 Å². The van der Waals surface area contributed by atoms with Gasteiger partial charge in [-0.3, -0.25) is 4.79 Å². The van der Waals surface area contributed by atoms with Crippen molar-refractivity contribution in [3.8, 4) is 0 Å². The highest BCUT2D eigenvalue weighted by Crippen LogP contribution is 2.15. The van der Waals surface area contributed by atoms with Crippen molar-refractivity contribution in [2.45, 2.75) is 44.9 Å². The molecule has 0 aromatic carbocycles. The van der Waals surface area contributed by atoms with Gasteiger partial charge < -0.3 is 10.2 Å². The number of carboxylic acids is 2. The zero-order valence-electron chi connectivity index (χ0n) is 8.87. The summed E-state index contributed by atoms with van der Waals surface area (Å²) in [6, 6.07) is 0. The van der Waals surface area contributed by atoms with Gasteiger partial charge in [-0.2, -0.15) is 0 Å². The molecule has 4 nitrogen and oxygen atoms in total. The molecule has 4 heteroatoms. The van der Waals surface area contributed by atoms with E-state index in [1.807, 2.05) is 0 Å². The lowest BCUT2D eigenvalue weighted by molar-refractivity contribution is -0.139. The van der Waals surface area contributed by atoms with E-state index in [9.17, 15) is 9.59 Å². The van der Waals surface area contributed by atoms with Crippen LogP contribution >= 0.6 is 0 Å². The highest BCUT2D eigenvalue weighted by molar-refractivity contribution is 5.91. The number of carbonyl (C=O) groups is 2. The third-order valence-electron chi connectivity index (χ3n) is 2.17. The molecular formula is C11H18O4. The normalized spacial score (nSPS) is 14.7. The summed E-state index contributed by atoms with van der Waals surface area (Å²) in [5.41, 5.74) is -0.303. The van der Waals surface area contributed by atoms with Gasteiger partial charge in [0, 0.05) is 5.57 Å². The second-order valence-corrected chi connectivity index (χ2v) is 3.60. The van der Waals surface area contributed by atoms with Crippen LogP contribution in [0.4, 0.5) is 0 Å². The Kier molecular flexibility index (Phi) is 7.32. The summed E-state index contributed by atoms with van der Waals surface area (Å²) in [7, 11) is 0. The lowest BCUT2D eigenvalue weighted by Gasteiger charge is -2.05. The van der Waals surface area contributed by atoms with Crippen LogP contribution in [0.25, 0.3) is 0 Å². The van der Waals surface area contributed by atoms with Gasteiger partial charge in [-0.05, 0) is 0 Å².